The molecule has 0 spiro atoms. The summed E-state index contributed by atoms with van der Waals surface area (Å²) in [5, 5.41) is 3.33. The number of primary amides is 1. The lowest BCUT2D eigenvalue weighted by Crippen LogP contribution is -2.30. The van der Waals surface area contributed by atoms with E-state index in [1.807, 2.05) is 12.1 Å². The van der Waals surface area contributed by atoms with Gasteiger partial charge >= 0.3 is 0 Å². The maximum Gasteiger partial charge on any atom is 0.248 e. The van der Waals surface area contributed by atoms with E-state index in [4.69, 9.17) is 5.73 Å². The second-order valence-corrected chi connectivity index (χ2v) is 5.29. The molecule has 0 atom stereocenters. The van der Waals surface area contributed by atoms with Crippen molar-refractivity contribution in [1.82, 2.24) is 10.2 Å². The second-order valence-electron chi connectivity index (χ2n) is 5.29. The highest BCUT2D eigenvalue weighted by Crippen LogP contribution is 2.18. The quantitative estimate of drug-likeness (QED) is 0.776. The van der Waals surface area contributed by atoms with Crippen molar-refractivity contribution in [2.75, 3.05) is 13.6 Å². The first kappa shape index (κ1) is 14.5. The van der Waals surface area contributed by atoms with Gasteiger partial charge < -0.3 is 16.0 Å². The van der Waals surface area contributed by atoms with Gasteiger partial charge in [-0.2, -0.15) is 0 Å². The average molecular weight is 275 g/mol. The number of carbonyl (C=O) groups is 2. The summed E-state index contributed by atoms with van der Waals surface area (Å²) in [5.74, 6) is -0.316. The molecule has 0 saturated heterocycles. The molecule has 2 rings (SSSR count). The number of benzene rings is 1. The van der Waals surface area contributed by atoms with E-state index in [1.165, 1.54) is 12.8 Å². The van der Waals surface area contributed by atoms with Gasteiger partial charge in [-0.3, -0.25) is 9.59 Å². The molecule has 1 aromatic carbocycles. The molecule has 0 aromatic heterocycles. The highest BCUT2D eigenvalue weighted by atomic mass is 16.2. The molecule has 1 saturated carbocycles. The first-order valence-corrected chi connectivity index (χ1v) is 6.92. The van der Waals surface area contributed by atoms with Crippen molar-refractivity contribution in [1.29, 1.82) is 0 Å². The zero-order valence-corrected chi connectivity index (χ0v) is 11.8. The van der Waals surface area contributed by atoms with E-state index >= 15 is 0 Å². The minimum atomic E-state index is -0.438. The van der Waals surface area contributed by atoms with Gasteiger partial charge in [-0.1, -0.05) is 12.1 Å². The maximum atomic E-state index is 11.9. The number of hydrogen-bond acceptors (Lipinski definition) is 3. The smallest absolute Gasteiger partial charge is 0.248 e. The maximum absolute atomic E-state index is 11.9. The van der Waals surface area contributed by atoms with E-state index in [-0.39, 0.29) is 5.91 Å². The number of nitrogens with one attached hydrogen (secondary N) is 1. The van der Waals surface area contributed by atoms with Crippen LogP contribution in [-0.4, -0.2) is 36.3 Å². The summed E-state index contributed by atoms with van der Waals surface area (Å²) in [5.41, 5.74) is 6.66. The van der Waals surface area contributed by atoms with Gasteiger partial charge in [0, 0.05) is 38.2 Å². The van der Waals surface area contributed by atoms with Crippen molar-refractivity contribution in [2.24, 2.45) is 5.73 Å². The van der Waals surface area contributed by atoms with Gasteiger partial charge in [0.05, 0.1) is 0 Å². The van der Waals surface area contributed by atoms with Crippen LogP contribution in [-0.2, 0) is 11.3 Å². The Labute approximate surface area is 119 Å². The van der Waals surface area contributed by atoms with Crippen LogP contribution < -0.4 is 11.1 Å². The first-order chi connectivity index (χ1) is 9.56. The third-order valence-corrected chi connectivity index (χ3v) is 3.43. The lowest BCUT2D eigenvalue weighted by Gasteiger charge is -2.17. The fourth-order valence-corrected chi connectivity index (χ4v) is 2.00. The summed E-state index contributed by atoms with van der Waals surface area (Å²) in [7, 11) is 1.79. The SMILES string of the molecule is CN(Cc1ccc(C(N)=O)cc1)C(=O)CCNC1CC1. The van der Waals surface area contributed by atoms with Crippen LogP contribution >= 0.6 is 0 Å². The van der Waals surface area contributed by atoms with Gasteiger partial charge in [0.1, 0.15) is 0 Å². The Bertz CT molecular complexity index is 480. The Hall–Kier alpha value is -1.88. The summed E-state index contributed by atoms with van der Waals surface area (Å²) >= 11 is 0. The highest BCUT2D eigenvalue weighted by molar-refractivity contribution is 5.92. The molecular weight excluding hydrogens is 254 g/mol. The molecular formula is C15H21N3O2. The fourth-order valence-electron chi connectivity index (χ4n) is 2.00. The molecule has 2 amide bonds. The Kier molecular flexibility index (Phi) is 4.74. The molecule has 0 heterocycles. The Morgan fingerprint density at radius 2 is 1.95 bits per heavy atom. The predicted octanol–water partition coefficient (Wildman–Crippen LogP) is 0.886. The van der Waals surface area contributed by atoms with Gasteiger partial charge in [-0.25, -0.2) is 0 Å². The monoisotopic (exact) mass is 275 g/mol. The van der Waals surface area contributed by atoms with Crippen molar-refractivity contribution >= 4 is 11.8 Å². The molecule has 1 fully saturated rings. The van der Waals surface area contributed by atoms with Crippen LogP contribution in [0.25, 0.3) is 0 Å². The van der Waals surface area contributed by atoms with Gasteiger partial charge in [-0.05, 0) is 30.5 Å². The van der Waals surface area contributed by atoms with Crippen molar-refractivity contribution in [3.63, 3.8) is 0 Å². The second kappa shape index (κ2) is 6.52. The van der Waals surface area contributed by atoms with E-state index < -0.39 is 5.91 Å². The Morgan fingerprint density at radius 3 is 2.50 bits per heavy atom. The van der Waals surface area contributed by atoms with Gasteiger partial charge in [0.2, 0.25) is 11.8 Å². The summed E-state index contributed by atoms with van der Waals surface area (Å²) in [6, 6.07) is 7.66. The van der Waals surface area contributed by atoms with Crippen LogP contribution in [0.15, 0.2) is 24.3 Å². The summed E-state index contributed by atoms with van der Waals surface area (Å²) in [6.45, 7) is 1.29. The topological polar surface area (TPSA) is 75.4 Å². The van der Waals surface area contributed by atoms with Crippen molar-refractivity contribution in [3.8, 4) is 0 Å². The summed E-state index contributed by atoms with van der Waals surface area (Å²) < 4.78 is 0. The third-order valence-electron chi connectivity index (χ3n) is 3.43. The standard InChI is InChI=1S/C15H21N3O2/c1-18(14(19)8-9-17-13-6-7-13)10-11-2-4-12(5-3-11)15(16)20/h2-5,13,17H,6-10H2,1H3,(H2,16,20). The largest absolute Gasteiger partial charge is 0.366 e. The number of carbonyl (C=O) groups excluding carboxylic acids is 2. The van der Waals surface area contributed by atoms with Crippen LogP contribution in [0.1, 0.15) is 35.2 Å². The van der Waals surface area contributed by atoms with Crippen molar-refractivity contribution in [2.45, 2.75) is 31.8 Å². The Balaban J connectivity index is 1.78. The van der Waals surface area contributed by atoms with Crippen molar-refractivity contribution in [3.05, 3.63) is 35.4 Å². The average Bonchev–Trinajstić information content (AvgIpc) is 3.23. The zero-order chi connectivity index (χ0) is 14.5. The van der Waals surface area contributed by atoms with Crippen LogP contribution in [0, 0.1) is 0 Å². The van der Waals surface area contributed by atoms with Crippen LogP contribution in [0.3, 0.4) is 0 Å². The van der Waals surface area contributed by atoms with Gasteiger partial charge in [0.15, 0.2) is 0 Å². The lowest BCUT2D eigenvalue weighted by atomic mass is 10.1. The molecule has 3 N–H and O–H groups in total. The summed E-state index contributed by atoms with van der Waals surface area (Å²) in [4.78, 5) is 24.6. The van der Waals surface area contributed by atoms with Crippen LogP contribution in [0.5, 0.6) is 0 Å². The molecule has 5 nitrogen and oxygen atoms in total. The molecule has 1 aromatic rings. The van der Waals surface area contributed by atoms with E-state index in [0.717, 1.165) is 12.1 Å². The first-order valence-electron chi connectivity index (χ1n) is 6.92. The number of hydrogen-bond donors (Lipinski definition) is 2. The zero-order valence-electron chi connectivity index (χ0n) is 11.8. The minimum Gasteiger partial charge on any atom is -0.366 e. The minimum absolute atomic E-state index is 0.122. The van der Waals surface area contributed by atoms with E-state index in [1.54, 1.807) is 24.1 Å². The van der Waals surface area contributed by atoms with Crippen molar-refractivity contribution < 1.29 is 9.59 Å². The fraction of sp³-hybridized carbons (Fsp3) is 0.467. The molecule has 108 valence electrons. The molecule has 0 aliphatic heterocycles. The molecule has 1 aliphatic rings. The normalized spacial score (nSPS) is 14.1. The van der Waals surface area contributed by atoms with Gasteiger partial charge in [0.25, 0.3) is 0 Å². The molecule has 1 aliphatic carbocycles. The molecule has 5 heteroatoms. The molecule has 0 unspecified atom stereocenters. The lowest BCUT2D eigenvalue weighted by molar-refractivity contribution is -0.130. The third kappa shape index (κ3) is 4.35. The highest BCUT2D eigenvalue weighted by Gasteiger charge is 2.20. The molecule has 0 radical (unpaired) electrons. The summed E-state index contributed by atoms with van der Waals surface area (Å²) in [6.07, 6.45) is 2.98. The predicted molar refractivity (Wildman–Crippen MR) is 77.1 cm³/mol. The number of rotatable bonds is 7. The molecule has 20 heavy (non-hydrogen) atoms. The van der Waals surface area contributed by atoms with Crippen LogP contribution in [0.4, 0.5) is 0 Å². The Morgan fingerprint density at radius 1 is 1.30 bits per heavy atom. The van der Waals surface area contributed by atoms with Gasteiger partial charge in [-0.15, -0.1) is 0 Å². The number of nitrogens with two attached hydrogens (primary N) is 1. The van der Waals surface area contributed by atoms with E-state index in [0.29, 0.717) is 24.6 Å². The number of nitrogens with zero attached hydrogens (tertiary/aromatic N) is 1. The van der Waals surface area contributed by atoms with Crippen LogP contribution in [0.2, 0.25) is 0 Å². The van der Waals surface area contributed by atoms with E-state index in [2.05, 4.69) is 5.32 Å². The van der Waals surface area contributed by atoms with E-state index in [9.17, 15) is 9.59 Å². The number of amides is 2. The molecule has 0 bridgehead atoms.